The Bertz CT molecular complexity index is 735. The van der Waals surface area contributed by atoms with Gasteiger partial charge in [-0.3, -0.25) is 0 Å². The first kappa shape index (κ1) is 16.3. The number of hydrogen-bond donors (Lipinski definition) is 1. The number of benzene rings is 1. The van der Waals surface area contributed by atoms with Gasteiger partial charge in [0.25, 0.3) is 9.84 Å². The van der Waals surface area contributed by atoms with Gasteiger partial charge >= 0.3 is 10.9 Å². The van der Waals surface area contributed by atoms with Crippen molar-refractivity contribution in [3.63, 3.8) is 0 Å². The Morgan fingerprint density at radius 1 is 1.41 bits per heavy atom. The summed E-state index contributed by atoms with van der Waals surface area (Å²) in [4.78, 5) is 4.13. The van der Waals surface area contributed by atoms with Crippen LogP contribution in [0.1, 0.15) is 20.8 Å². The monoisotopic (exact) mass is 324 g/mol. The van der Waals surface area contributed by atoms with Crippen molar-refractivity contribution in [2.45, 2.75) is 37.4 Å². The molecule has 1 heterocycles. The van der Waals surface area contributed by atoms with Crippen molar-refractivity contribution >= 4 is 9.84 Å². The summed E-state index contributed by atoms with van der Waals surface area (Å²) >= 11 is 0. The molecular weight excluding hydrogens is 306 g/mol. The van der Waals surface area contributed by atoms with Gasteiger partial charge in [0.05, 0.1) is 17.5 Å². The standard InChI is InChI=1S/C14H17N3O4S/c1-10-9-21-14(2,3)17(10)13(18)12(16-15)22(19,20)11-7-5-4-6-8-11/h4-8,10H,9H2,1-3H3/p+1/b13-12-/t10-/m0/s1. The molecule has 118 valence electrons. The van der Waals surface area contributed by atoms with Crippen LogP contribution >= 0.6 is 0 Å². The highest BCUT2D eigenvalue weighted by Crippen LogP contribution is 2.34. The fraction of sp³-hybridized carbons (Fsp3) is 0.429. The van der Waals surface area contributed by atoms with Gasteiger partial charge in [-0.05, 0) is 32.9 Å². The zero-order chi connectivity index (χ0) is 16.5. The fourth-order valence-electron chi connectivity index (χ4n) is 2.50. The maximum Gasteiger partial charge on any atom is 0.537 e. The first-order valence-electron chi connectivity index (χ1n) is 6.73. The third-order valence-corrected chi connectivity index (χ3v) is 5.18. The van der Waals surface area contributed by atoms with Crippen LogP contribution in [-0.4, -0.2) is 36.8 Å². The lowest BCUT2D eigenvalue weighted by molar-refractivity contribution is -0.0550. The Labute approximate surface area is 129 Å². The lowest BCUT2D eigenvalue weighted by atomic mass is 10.2. The van der Waals surface area contributed by atoms with Crippen LogP contribution in [-0.2, 0) is 14.6 Å². The SMILES string of the molecule is C[C@H]1COC(C)(C)N1/C(O)=C(\[N+]#N)S(=O)(=O)c1ccccc1. The van der Waals surface area contributed by atoms with Crippen LogP contribution in [0.25, 0.3) is 4.98 Å². The van der Waals surface area contributed by atoms with Gasteiger partial charge in [-0.2, -0.15) is 0 Å². The smallest absolute Gasteiger partial charge is 0.488 e. The number of aliphatic hydroxyl groups excluding tert-OH is 1. The maximum absolute atomic E-state index is 12.5. The molecule has 1 saturated heterocycles. The van der Waals surface area contributed by atoms with Crippen LogP contribution in [0, 0.1) is 5.39 Å². The van der Waals surface area contributed by atoms with E-state index in [9.17, 15) is 18.9 Å². The minimum Gasteiger partial charge on any atom is -0.488 e. The van der Waals surface area contributed by atoms with Gasteiger partial charge in [-0.25, -0.2) is 8.42 Å². The van der Waals surface area contributed by atoms with E-state index in [4.69, 9.17) is 4.74 Å². The Morgan fingerprint density at radius 3 is 2.45 bits per heavy atom. The zero-order valence-corrected chi connectivity index (χ0v) is 13.4. The van der Waals surface area contributed by atoms with Gasteiger partial charge < -0.3 is 14.7 Å². The second kappa shape index (κ2) is 5.59. The second-order valence-corrected chi connectivity index (χ2v) is 7.39. The van der Waals surface area contributed by atoms with Crippen molar-refractivity contribution in [2.24, 2.45) is 0 Å². The molecule has 0 spiro atoms. The van der Waals surface area contributed by atoms with Gasteiger partial charge in [0.1, 0.15) is 5.72 Å². The van der Waals surface area contributed by atoms with E-state index < -0.39 is 26.5 Å². The van der Waals surface area contributed by atoms with Crippen LogP contribution in [0.2, 0.25) is 0 Å². The van der Waals surface area contributed by atoms with E-state index in [0.29, 0.717) is 6.61 Å². The normalized spacial score (nSPS) is 22.1. The molecule has 22 heavy (non-hydrogen) atoms. The van der Waals surface area contributed by atoms with Gasteiger partial charge in [0.2, 0.25) is 5.39 Å². The van der Waals surface area contributed by atoms with E-state index in [2.05, 4.69) is 4.98 Å². The highest BCUT2D eigenvalue weighted by molar-refractivity contribution is 7.95. The highest BCUT2D eigenvalue weighted by Gasteiger charge is 2.47. The van der Waals surface area contributed by atoms with E-state index in [1.807, 2.05) is 0 Å². The van der Waals surface area contributed by atoms with E-state index in [1.165, 1.54) is 17.0 Å². The molecular formula is C14H18N3O4S+. The lowest BCUT2D eigenvalue weighted by Gasteiger charge is -2.31. The third-order valence-electron chi connectivity index (χ3n) is 3.52. The number of sulfone groups is 1. The van der Waals surface area contributed by atoms with Crippen molar-refractivity contribution in [3.05, 3.63) is 46.2 Å². The van der Waals surface area contributed by atoms with Crippen molar-refractivity contribution in [1.82, 2.24) is 4.90 Å². The molecule has 1 aliphatic rings. The molecule has 1 atom stereocenters. The van der Waals surface area contributed by atoms with Crippen molar-refractivity contribution in [2.75, 3.05) is 6.61 Å². The van der Waals surface area contributed by atoms with Gasteiger partial charge in [0, 0.05) is 0 Å². The van der Waals surface area contributed by atoms with Gasteiger partial charge in [-0.1, -0.05) is 18.2 Å². The molecule has 0 saturated carbocycles. The van der Waals surface area contributed by atoms with Crippen LogP contribution in [0.5, 0.6) is 0 Å². The number of rotatable bonds is 3. The average molecular weight is 324 g/mol. The van der Waals surface area contributed by atoms with E-state index >= 15 is 0 Å². The molecule has 1 fully saturated rings. The summed E-state index contributed by atoms with van der Waals surface area (Å²) in [6.45, 7) is 5.48. The number of aliphatic hydroxyl groups is 1. The van der Waals surface area contributed by atoms with Gasteiger partial charge in [0.15, 0.2) is 4.98 Å². The molecule has 1 aromatic rings. The van der Waals surface area contributed by atoms with Crippen LogP contribution < -0.4 is 0 Å². The Hall–Kier alpha value is -2.11. The summed E-state index contributed by atoms with van der Waals surface area (Å²) in [5.74, 6) is -0.638. The minimum atomic E-state index is -4.15. The summed E-state index contributed by atoms with van der Waals surface area (Å²) in [7, 11) is -4.15. The quantitative estimate of drug-likeness (QED) is 0.678. The zero-order valence-electron chi connectivity index (χ0n) is 12.6. The maximum atomic E-state index is 12.5. The highest BCUT2D eigenvalue weighted by atomic mass is 32.2. The molecule has 0 unspecified atom stereocenters. The number of ether oxygens (including phenoxy) is 1. The molecule has 0 bridgehead atoms. The molecule has 0 radical (unpaired) electrons. The molecule has 0 amide bonds. The van der Waals surface area contributed by atoms with Crippen LogP contribution in [0.4, 0.5) is 0 Å². The fourth-order valence-corrected chi connectivity index (χ4v) is 3.68. The first-order valence-corrected chi connectivity index (χ1v) is 8.22. The molecule has 1 N–H and O–H groups in total. The first-order chi connectivity index (χ1) is 10.2. The molecule has 1 aliphatic heterocycles. The van der Waals surface area contributed by atoms with Crippen molar-refractivity contribution < 1.29 is 18.3 Å². The van der Waals surface area contributed by atoms with Gasteiger partial charge in [-0.15, -0.1) is 0 Å². The molecule has 2 rings (SSSR count). The molecule has 0 aromatic heterocycles. The Kier molecular flexibility index (Phi) is 4.13. The number of hydrogen-bond acceptors (Lipinski definition) is 6. The Morgan fingerprint density at radius 2 is 2.00 bits per heavy atom. The van der Waals surface area contributed by atoms with Crippen LogP contribution in [0.3, 0.4) is 0 Å². The minimum absolute atomic E-state index is 0.0695. The third kappa shape index (κ3) is 2.65. The molecule has 8 heteroatoms. The number of nitrogens with zero attached hydrogens (tertiary/aromatic N) is 3. The molecule has 0 aliphatic carbocycles. The lowest BCUT2D eigenvalue weighted by Crippen LogP contribution is -2.42. The predicted octanol–water partition coefficient (Wildman–Crippen LogP) is 2.45. The number of diazo groups is 1. The Balaban J connectivity index is 2.58. The predicted molar refractivity (Wildman–Crippen MR) is 79.7 cm³/mol. The summed E-state index contributed by atoms with van der Waals surface area (Å²) in [5.41, 5.74) is -0.911. The van der Waals surface area contributed by atoms with E-state index in [1.54, 1.807) is 39.0 Å². The molecule has 7 nitrogen and oxygen atoms in total. The molecule has 1 aromatic carbocycles. The largest absolute Gasteiger partial charge is 0.537 e. The van der Waals surface area contributed by atoms with E-state index in [0.717, 1.165) is 0 Å². The van der Waals surface area contributed by atoms with E-state index in [-0.39, 0.29) is 10.9 Å². The summed E-state index contributed by atoms with van der Waals surface area (Å²) in [6.07, 6.45) is 0. The average Bonchev–Trinajstić information content (AvgIpc) is 2.73. The second-order valence-electron chi connectivity index (χ2n) is 5.52. The van der Waals surface area contributed by atoms with Crippen LogP contribution in [0.15, 0.2) is 46.1 Å². The van der Waals surface area contributed by atoms with Crippen molar-refractivity contribution in [3.8, 4) is 0 Å². The van der Waals surface area contributed by atoms with Crippen molar-refractivity contribution in [1.29, 1.82) is 5.39 Å². The summed E-state index contributed by atoms with van der Waals surface area (Å²) in [6, 6.07) is 7.22. The summed E-state index contributed by atoms with van der Waals surface area (Å²) < 4.78 is 30.6. The summed E-state index contributed by atoms with van der Waals surface area (Å²) in [5, 5.41) is 18.8. The topological polar surface area (TPSA) is 95.0 Å².